The van der Waals surface area contributed by atoms with Gasteiger partial charge in [-0.3, -0.25) is 14.9 Å². The molecule has 1 heterocycles. The Hall–Kier alpha value is -2.97. The lowest BCUT2D eigenvalue weighted by Gasteiger charge is -2.03. The molecule has 2 aromatic rings. The molecule has 0 aliphatic heterocycles. The van der Waals surface area contributed by atoms with E-state index in [2.05, 4.69) is 20.3 Å². The van der Waals surface area contributed by atoms with Gasteiger partial charge in [-0.1, -0.05) is 12.1 Å². The number of anilines is 1. The summed E-state index contributed by atoms with van der Waals surface area (Å²) in [6.45, 7) is 0.104. The van der Waals surface area contributed by atoms with Crippen molar-refractivity contribution < 1.29 is 14.3 Å². The van der Waals surface area contributed by atoms with Gasteiger partial charge in [-0.25, -0.2) is 4.63 Å². The minimum absolute atomic E-state index is 0.0469. The van der Waals surface area contributed by atoms with Gasteiger partial charge in [0.25, 0.3) is 11.6 Å². The molecule has 0 unspecified atom stereocenters. The van der Waals surface area contributed by atoms with Gasteiger partial charge in [-0.2, -0.15) is 0 Å². The molecule has 2 rings (SSSR count). The third kappa shape index (κ3) is 2.83. The van der Waals surface area contributed by atoms with Crippen LogP contribution in [-0.4, -0.2) is 21.1 Å². The molecule has 0 spiro atoms. The van der Waals surface area contributed by atoms with E-state index in [4.69, 9.17) is 5.73 Å². The number of benzene rings is 1. The normalized spacial score (nSPS) is 10.1. The van der Waals surface area contributed by atoms with Crippen LogP contribution in [-0.2, 0) is 6.54 Å². The lowest BCUT2D eigenvalue weighted by molar-refractivity contribution is -0.384. The molecule has 98 valence electrons. The van der Waals surface area contributed by atoms with E-state index in [1.807, 2.05) is 0 Å². The fraction of sp³-hybridized carbons (Fsp3) is 0.100. The van der Waals surface area contributed by atoms with E-state index in [1.54, 1.807) is 6.07 Å². The highest BCUT2D eigenvalue weighted by atomic mass is 16.6. The van der Waals surface area contributed by atoms with Crippen molar-refractivity contribution in [2.45, 2.75) is 6.54 Å². The minimum atomic E-state index is -0.565. The summed E-state index contributed by atoms with van der Waals surface area (Å²) in [5, 5.41) is 19.7. The van der Waals surface area contributed by atoms with Crippen LogP contribution >= 0.6 is 0 Å². The summed E-state index contributed by atoms with van der Waals surface area (Å²) in [5.74, 6) is -0.679. The number of nitrogens with one attached hydrogen (secondary N) is 1. The van der Waals surface area contributed by atoms with Crippen LogP contribution in [0.1, 0.15) is 16.1 Å². The Morgan fingerprint density at radius 1 is 1.47 bits per heavy atom. The lowest BCUT2D eigenvalue weighted by atomic mass is 10.2. The summed E-state index contributed by atoms with van der Waals surface area (Å²) in [6, 6.07) is 5.92. The summed E-state index contributed by atoms with van der Waals surface area (Å²) in [5.41, 5.74) is 5.77. The van der Waals surface area contributed by atoms with Gasteiger partial charge in [-0.15, -0.1) is 0 Å². The second-order valence-electron chi connectivity index (χ2n) is 3.61. The van der Waals surface area contributed by atoms with Crippen LogP contribution in [0.5, 0.6) is 0 Å². The van der Waals surface area contributed by atoms with Crippen LogP contribution in [0.4, 0.5) is 11.5 Å². The fourth-order valence-corrected chi connectivity index (χ4v) is 1.40. The molecule has 9 nitrogen and oxygen atoms in total. The molecule has 9 heteroatoms. The zero-order chi connectivity index (χ0) is 13.8. The second-order valence-corrected chi connectivity index (χ2v) is 3.61. The highest BCUT2D eigenvalue weighted by Gasteiger charge is 2.15. The number of nitro groups is 1. The van der Waals surface area contributed by atoms with Crippen LogP contribution in [0.3, 0.4) is 0 Å². The Labute approximate surface area is 106 Å². The highest BCUT2D eigenvalue weighted by molar-refractivity contribution is 5.95. The number of nitrogen functional groups attached to an aromatic ring is 1. The smallest absolute Gasteiger partial charge is 0.277 e. The van der Waals surface area contributed by atoms with Gasteiger partial charge in [0.05, 0.1) is 4.92 Å². The zero-order valence-electron chi connectivity index (χ0n) is 9.57. The Bertz CT molecular complexity index is 624. The van der Waals surface area contributed by atoms with E-state index in [0.29, 0.717) is 5.56 Å². The van der Waals surface area contributed by atoms with Crippen molar-refractivity contribution in [3.8, 4) is 0 Å². The van der Waals surface area contributed by atoms with Gasteiger partial charge >= 0.3 is 0 Å². The van der Waals surface area contributed by atoms with E-state index in [1.165, 1.54) is 18.2 Å². The molecule has 3 N–H and O–H groups in total. The van der Waals surface area contributed by atoms with E-state index in [0.717, 1.165) is 0 Å². The van der Waals surface area contributed by atoms with Crippen molar-refractivity contribution in [2.24, 2.45) is 0 Å². The number of nitrogens with zero attached hydrogens (tertiary/aromatic N) is 3. The van der Waals surface area contributed by atoms with E-state index < -0.39 is 10.8 Å². The minimum Gasteiger partial charge on any atom is -0.379 e. The lowest BCUT2D eigenvalue weighted by Crippen LogP contribution is -2.24. The maximum Gasteiger partial charge on any atom is 0.277 e. The summed E-state index contributed by atoms with van der Waals surface area (Å²) < 4.78 is 4.29. The van der Waals surface area contributed by atoms with Gasteiger partial charge in [0.15, 0.2) is 0 Å². The van der Waals surface area contributed by atoms with Gasteiger partial charge in [0.1, 0.15) is 0 Å². The molecule has 0 bridgehead atoms. The van der Waals surface area contributed by atoms with Gasteiger partial charge in [0, 0.05) is 18.7 Å². The molecule has 0 saturated carbocycles. The third-order valence-electron chi connectivity index (χ3n) is 2.30. The Kier molecular flexibility index (Phi) is 3.37. The van der Waals surface area contributed by atoms with Crippen molar-refractivity contribution in [1.29, 1.82) is 0 Å². The van der Waals surface area contributed by atoms with E-state index in [9.17, 15) is 14.9 Å². The second kappa shape index (κ2) is 5.12. The molecule has 1 amide bonds. The van der Waals surface area contributed by atoms with Gasteiger partial charge in [0.2, 0.25) is 11.5 Å². The number of rotatable bonds is 4. The summed E-state index contributed by atoms with van der Waals surface area (Å²) >= 11 is 0. The number of non-ortho nitro benzene ring substituents is 1. The predicted molar refractivity (Wildman–Crippen MR) is 63.0 cm³/mol. The van der Waals surface area contributed by atoms with Crippen LogP contribution < -0.4 is 11.1 Å². The van der Waals surface area contributed by atoms with E-state index >= 15 is 0 Å². The number of amides is 1. The maximum atomic E-state index is 11.6. The Morgan fingerprint density at radius 3 is 2.89 bits per heavy atom. The molecule has 19 heavy (non-hydrogen) atoms. The van der Waals surface area contributed by atoms with Crippen LogP contribution in [0, 0.1) is 10.1 Å². The number of carbonyl (C=O) groups excluding carboxylic acids is 1. The van der Waals surface area contributed by atoms with Crippen molar-refractivity contribution >= 4 is 17.4 Å². The molecule has 0 atom stereocenters. The maximum absolute atomic E-state index is 11.6. The quantitative estimate of drug-likeness (QED) is 0.604. The average Bonchev–Trinajstić information content (AvgIpc) is 2.82. The van der Waals surface area contributed by atoms with Crippen LogP contribution in [0.2, 0.25) is 0 Å². The summed E-state index contributed by atoms with van der Waals surface area (Å²) in [6.07, 6.45) is 0. The first-order chi connectivity index (χ1) is 9.08. The van der Waals surface area contributed by atoms with Gasteiger partial charge in [-0.05, 0) is 15.9 Å². The molecular weight excluding hydrogens is 254 g/mol. The van der Waals surface area contributed by atoms with Crippen LogP contribution in [0.15, 0.2) is 28.9 Å². The highest BCUT2D eigenvalue weighted by Crippen LogP contribution is 2.13. The topological polar surface area (TPSA) is 137 Å². The monoisotopic (exact) mass is 263 g/mol. The van der Waals surface area contributed by atoms with Gasteiger partial charge < -0.3 is 11.1 Å². The molecular formula is C10H9N5O4. The zero-order valence-corrected chi connectivity index (χ0v) is 9.57. The average molecular weight is 263 g/mol. The molecule has 0 aliphatic rings. The molecule has 0 radical (unpaired) electrons. The molecule has 1 aromatic heterocycles. The summed E-state index contributed by atoms with van der Waals surface area (Å²) in [4.78, 5) is 21.7. The molecule has 0 saturated heterocycles. The number of hydrogen-bond donors (Lipinski definition) is 2. The van der Waals surface area contributed by atoms with Crippen molar-refractivity contribution in [3.63, 3.8) is 0 Å². The number of carbonyl (C=O) groups is 1. The summed E-state index contributed by atoms with van der Waals surface area (Å²) in [7, 11) is 0. The van der Waals surface area contributed by atoms with Crippen LogP contribution in [0.25, 0.3) is 0 Å². The molecule has 1 aromatic carbocycles. The predicted octanol–water partition coefficient (Wildman–Crippen LogP) is 0.490. The number of nitro benzene ring substituents is 1. The standard InChI is InChI=1S/C10H9N5O4/c11-9-8(13-19-14-9)10(16)12-5-6-2-1-3-7(4-6)15(17)18/h1-4H,5H2,(H2,11,14)(H,12,16). The number of aromatic nitrogens is 2. The van der Waals surface area contributed by atoms with E-state index in [-0.39, 0.29) is 23.7 Å². The number of hydrogen-bond acceptors (Lipinski definition) is 7. The first-order valence-electron chi connectivity index (χ1n) is 5.17. The Morgan fingerprint density at radius 2 is 2.26 bits per heavy atom. The molecule has 0 aliphatic carbocycles. The first kappa shape index (κ1) is 12.5. The van der Waals surface area contributed by atoms with Crippen molar-refractivity contribution in [3.05, 3.63) is 45.6 Å². The largest absolute Gasteiger partial charge is 0.379 e. The SMILES string of the molecule is Nc1nonc1C(=O)NCc1cccc([N+](=O)[O-])c1. The number of nitrogens with two attached hydrogens (primary N) is 1. The van der Waals surface area contributed by atoms with Crippen molar-refractivity contribution in [1.82, 2.24) is 15.6 Å². The first-order valence-corrected chi connectivity index (χ1v) is 5.17. The molecule has 0 fully saturated rings. The fourth-order valence-electron chi connectivity index (χ4n) is 1.40. The Balaban J connectivity index is 2.03. The van der Waals surface area contributed by atoms with Crippen molar-refractivity contribution in [2.75, 3.05) is 5.73 Å². The third-order valence-corrected chi connectivity index (χ3v) is 2.30.